The summed E-state index contributed by atoms with van der Waals surface area (Å²) < 4.78 is 18.4. The van der Waals surface area contributed by atoms with E-state index < -0.39 is 5.82 Å². The number of ketones is 1. The van der Waals surface area contributed by atoms with Gasteiger partial charge in [-0.15, -0.1) is 0 Å². The van der Waals surface area contributed by atoms with E-state index in [0.717, 1.165) is 0 Å². The standard InChI is InChI=1S/C13H17FO2/c1-4-16-13-6-5-10(14)8-11(13)12(15)7-9(2)3/h5-6,8-9H,4,7H2,1-3H3. The Hall–Kier alpha value is -1.38. The van der Waals surface area contributed by atoms with Gasteiger partial charge in [0.25, 0.3) is 0 Å². The van der Waals surface area contributed by atoms with Crippen molar-refractivity contribution in [2.45, 2.75) is 27.2 Å². The van der Waals surface area contributed by atoms with Crippen molar-refractivity contribution < 1.29 is 13.9 Å². The van der Waals surface area contributed by atoms with Crippen LogP contribution in [0.1, 0.15) is 37.6 Å². The Kier molecular flexibility index (Phi) is 4.47. The van der Waals surface area contributed by atoms with E-state index >= 15 is 0 Å². The van der Waals surface area contributed by atoms with E-state index in [2.05, 4.69) is 0 Å². The lowest BCUT2D eigenvalue weighted by Crippen LogP contribution is -2.07. The zero-order chi connectivity index (χ0) is 12.1. The van der Waals surface area contributed by atoms with Gasteiger partial charge in [-0.2, -0.15) is 0 Å². The average molecular weight is 224 g/mol. The second-order valence-electron chi connectivity index (χ2n) is 4.09. The number of benzene rings is 1. The molecule has 0 fully saturated rings. The molecule has 3 heteroatoms. The van der Waals surface area contributed by atoms with Crippen molar-refractivity contribution >= 4 is 5.78 Å². The maximum atomic E-state index is 13.1. The minimum absolute atomic E-state index is 0.0713. The first-order valence-corrected chi connectivity index (χ1v) is 5.50. The van der Waals surface area contributed by atoms with Gasteiger partial charge in [0.2, 0.25) is 0 Å². The number of halogens is 1. The first-order valence-electron chi connectivity index (χ1n) is 5.50. The van der Waals surface area contributed by atoms with Crippen molar-refractivity contribution in [2.24, 2.45) is 5.92 Å². The van der Waals surface area contributed by atoms with E-state index in [1.54, 1.807) is 0 Å². The molecule has 0 saturated heterocycles. The molecule has 0 N–H and O–H groups in total. The molecule has 0 radical (unpaired) electrons. The summed E-state index contributed by atoms with van der Waals surface area (Å²) in [6, 6.07) is 4.05. The molecule has 88 valence electrons. The normalized spacial score (nSPS) is 10.6. The van der Waals surface area contributed by atoms with Crippen LogP contribution in [0.3, 0.4) is 0 Å². The second kappa shape index (κ2) is 5.64. The number of rotatable bonds is 5. The Morgan fingerprint density at radius 2 is 2.12 bits per heavy atom. The third-order valence-corrected chi connectivity index (χ3v) is 2.14. The monoisotopic (exact) mass is 224 g/mol. The van der Waals surface area contributed by atoms with Crippen molar-refractivity contribution in [2.75, 3.05) is 6.61 Å². The van der Waals surface area contributed by atoms with Crippen LogP contribution in [0, 0.1) is 11.7 Å². The van der Waals surface area contributed by atoms with Crippen LogP contribution in [0.5, 0.6) is 5.75 Å². The SMILES string of the molecule is CCOc1ccc(F)cc1C(=O)CC(C)C. The smallest absolute Gasteiger partial charge is 0.166 e. The van der Waals surface area contributed by atoms with Crippen LogP contribution in [0.2, 0.25) is 0 Å². The van der Waals surface area contributed by atoms with Crippen molar-refractivity contribution in [3.8, 4) is 5.75 Å². The van der Waals surface area contributed by atoms with Crippen LogP contribution in [-0.4, -0.2) is 12.4 Å². The molecule has 16 heavy (non-hydrogen) atoms. The number of hydrogen-bond acceptors (Lipinski definition) is 2. The number of hydrogen-bond donors (Lipinski definition) is 0. The average Bonchev–Trinajstić information content (AvgIpc) is 2.20. The molecule has 0 aliphatic carbocycles. The largest absolute Gasteiger partial charge is 0.493 e. The predicted molar refractivity (Wildman–Crippen MR) is 61.4 cm³/mol. The number of ether oxygens (including phenoxy) is 1. The topological polar surface area (TPSA) is 26.3 Å². The first-order chi connectivity index (χ1) is 7.54. The van der Waals surface area contributed by atoms with Gasteiger partial charge < -0.3 is 4.74 Å². The van der Waals surface area contributed by atoms with Crippen LogP contribution in [0.25, 0.3) is 0 Å². The third kappa shape index (κ3) is 3.33. The molecule has 1 aromatic carbocycles. The van der Waals surface area contributed by atoms with Crippen molar-refractivity contribution in [1.29, 1.82) is 0 Å². The van der Waals surface area contributed by atoms with Gasteiger partial charge in [-0.3, -0.25) is 4.79 Å². The minimum Gasteiger partial charge on any atom is -0.493 e. The Labute approximate surface area is 95.4 Å². The lowest BCUT2D eigenvalue weighted by atomic mass is 10.0. The first kappa shape index (κ1) is 12.7. The highest BCUT2D eigenvalue weighted by molar-refractivity contribution is 5.98. The molecule has 0 heterocycles. The molecule has 0 spiro atoms. The second-order valence-corrected chi connectivity index (χ2v) is 4.09. The molecule has 0 atom stereocenters. The summed E-state index contributed by atoms with van der Waals surface area (Å²) in [4.78, 5) is 11.9. The van der Waals surface area contributed by atoms with Crippen LogP contribution < -0.4 is 4.74 Å². The van der Waals surface area contributed by atoms with Crippen LogP contribution in [-0.2, 0) is 0 Å². The highest BCUT2D eigenvalue weighted by Gasteiger charge is 2.14. The lowest BCUT2D eigenvalue weighted by Gasteiger charge is -2.10. The zero-order valence-electron chi connectivity index (χ0n) is 9.92. The van der Waals surface area contributed by atoms with Gasteiger partial charge >= 0.3 is 0 Å². The van der Waals surface area contributed by atoms with Crippen molar-refractivity contribution in [3.05, 3.63) is 29.6 Å². The lowest BCUT2D eigenvalue weighted by molar-refractivity contribution is 0.0963. The van der Waals surface area contributed by atoms with E-state index in [1.807, 2.05) is 20.8 Å². The predicted octanol–water partition coefficient (Wildman–Crippen LogP) is 3.45. The zero-order valence-corrected chi connectivity index (χ0v) is 9.92. The molecule has 0 unspecified atom stereocenters. The summed E-state index contributed by atoms with van der Waals surface area (Å²) in [6.07, 6.45) is 0.406. The van der Waals surface area contributed by atoms with Crippen LogP contribution >= 0.6 is 0 Å². The molecule has 0 saturated carbocycles. The van der Waals surface area contributed by atoms with E-state index in [4.69, 9.17) is 4.74 Å². The summed E-state index contributed by atoms with van der Waals surface area (Å²) in [5.41, 5.74) is 0.343. The summed E-state index contributed by atoms with van der Waals surface area (Å²) in [5.74, 6) is 0.244. The summed E-state index contributed by atoms with van der Waals surface area (Å²) >= 11 is 0. The fourth-order valence-corrected chi connectivity index (χ4v) is 1.48. The van der Waals surface area contributed by atoms with E-state index in [0.29, 0.717) is 24.3 Å². The third-order valence-electron chi connectivity index (χ3n) is 2.14. The quantitative estimate of drug-likeness (QED) is 0.716. The molecule has 0 amide bonds. The fourth-order valence-electron chi connectivity index (χ4n) is 1.48. The molecule has 1 aromatic rings. The Bertz CT molecular complexity index is 372. The van der Waals surface area contributed by atoms with Gasteiger partial charge in [0.05, 0.1) is 12.2 Å². The molecule has 0 bridgehead atoms. The van der Waals surface area contributed by atoms with E-state index in [9.17, 15) is 9.18 Å². The Morgan fingerprint density at radius 1 is 1.44 bits per heavy atom. The van der Waals surface area contributed by atoms with Gasteiger partial charge in [0.15, 0.2) is 5.78 Å². The van der Waals surface area contributed by atoms with Gasteiger partial charge in [0, 0.05) is 6.42 Å². The van der Waals surface area contributed by atoms with Gasteiger partial charge in [-0.05, 0) is 31.0 Å². The number of carbonyl (C=O) groups excluding carboxylic acids is 1. The van der Waals surface area contributed by atoms with Crippen LogP contribution in [0.4, 0.5) is 4.39 Å². The molecule has 1 rings (SSSR count). The van der Waals surface area contributed by atoms with Gasteiger partial charge in [-0.1, -0.05) is 13.8 Å². The molecule has 0 aliphatic heterocycles. The number of carbonyl (C=O) groups is 1. The summed E-state index contributed by atoms with van der Waals surface area (Å²) in [7, 11) is 0. The molecule has 2 nitrogen and oxygen atoms in total. The Balaban J connectivity index is 2.99. The molecular formula is C13H17FO2. The maximum Gasteiger partial charge on any atom is 0.166 e. The Morgan fingerprint density at radius 3 is 2.69 bits per heavy atom. The summed E-state index contributed by atoms with van der Waals surface area (Å²) in [5, 5.41) is 0. The highest BCUT2D eigenvalue weighted by Crippen LogP contribution is 2.22. The van der Waals surface area contributed by atoms with Crippen LogP contribution in [0.15, 0.2) is 18.2 Å². The van der Waals surface area contributed by atoms with Crippen molar-refractivity contribution in [3.63, 3.8) is 0 Å². The molecule has 0 aliphatic rings. The van der Waals surface area contributed by atoms with E-state index in [-0.39, 0.29) is 11.7 Å². The summed E-state index contributed by atoms with van der Waals surface area (Å²) in [6.45, 7) is 6.21. The van der Waals surface area contributed by atoms with Gasteiger partial charge in [0.1, 0.15) is 11.6 Å². The van der Waals surface area contributed by atoms with Crippen molar-refractivity contribution in [1.82, 2.24) is 0 Å². The van der Waals surface area contributed by atoms with E-state index in [1.165, 1.54) is 18.2 Å². The number of Topliss-reactive ketones (excluding diaryl/α,β-unsaturated/α-hetero) is 1. The minimum atomic E-state index is -0.407. The maximum absolute atomic E-state index is 13.1. The molecular weight excluding hydrogens is 207 g/mol. The van der Waals surface area contributed by atoms with Gasteiger partial charge in [-0.25, -0.2) is 4.39 Å². The molecule has 0 aromatic heterocycles. The fraction of sp³-hybridized carbons (Fsp3) is 0.462. The highest BCUT2D eigenvalue weighted by atomic mass is 19.1.